The van der Waals surface area contributed by atoms with Gasteiger partial charge in [0, 0.05) is 42.8 Å². The van der Waals surface area contributed by atoms with Crippen molar-refractivity contribution in [2.75, 3.05) is 6.79 Å². The smallest absolute Gasteiger partial charge is 0.231 e. The van der Waals surface area contributed by atoms with Crippen LogP contribution in [0.5, 0.6) is 11.5 Å². The summed E-state index contributed by atoms with van der Waals surface area (Å²) in [4.78, 5) is 4.68. The molecular weight excluding hydrogens is 312 g/mol. The first-order valence-electron chi connectivity index (χ1n) is 7.30. The Labute approximate surface area is 137 Å². The van der Waals surface area contributed by atoms with Gasteiger partial charge in [-0.2, -0.15) is 5.10 Å². The monoisotopic (exact) mass is 328 g/mol. The molecule has 23 heavy (non-hydrogen) atoms. The minimum atomic E-state index is 0.292. The van der Waals surface area contributed by atoms with E-state index in [4.69, 9.17) is 9.47 Å². The lowest BCUT2D eigenvalue weighted by Crippen LogP contribution is -2.12. The zero-order chi connectivity index (χ0) is 15.6. The van der Waals surface area contributed by atoms with Crippen molar-refractivity contribution in [3.05, 3.63) is 47.2 Å². The Kier molecular flexibility index (Phi) is 3.72. The first-order chi connectivity index (χ1) is 11.3. The van der Waals surface area contributed by atoms with Crippen LogP contribution in [0.3, 0.4) is 0 Å². The summed E-state index contributed by atoms with van der Waals surface area (Å²) in [6.07, 6.45) is 3.87. The molecule has 0 spiro atoms. The molecule has 4 rings (SSSR count). The van der Waals surface area contributed by atoms with E-state index in [2.05, 4.69) is 20.8 Å². The van der Waals surface area contributed by atoms with Gasteiger partial charge in [-0.05, 0) is 18.2 Å². The highest BCUT2D eigenvalue weighted by molar-refractivity contribution is 7.13. The number of hydrogen-bond acceptors (Lipinski definition) is 6. The minimum Gasteiger partial charge on any atom is -0.454 e. The van der Waals surface area contributed by atoms with Crippen LogP contribution in [0, 0.1) is 0 Å². The molecular formula is C16H16N4O2S. The molecule has 0 aliphatic carbocycles. The lowest BCUT2D eigenvalue weighted by Gasteiger charge is -2.00. The van der Waals surface area contributed by atoms with Crippen LogP contribution in [0.25, 0.3) is 10.6 Å². The van der Waals surface area contributed by atoms with Crippen LogP contribution in [0.4, 0.5) is 0 Å². The molecule has 1 N–H and O–H groups in total. The lowest BCUT2D eigenvalue weighted by atomic mass is 10.2. The molecule has 6 nitrogen and oxygen atoms in total. The Morgan fingerprint density at radius 2 is 2.17 bits per heavy atom. The topological polar surface area (TPSA) is 61.2 Å². The summed E-state index contributed by atoms with van der Waals surface area (Å²) in [5, 5.41) is 10.6. The summed E-state index contributed by atoms with van der Waals surface area (Å²) in [7, 11) is 1.92. The first-order valence-corrected chi connectivity index (χ1v) is 8.18. The molecule has 1 aliphatic rings. The number of nitrogens with one attached hydrogen (secondary N) is 1. The van der Waals surface area contributed by atoms with Crippen molar-refractivity contribution in [2.24, 2.45) is 7.05 Å². The molecule has 0 fully saturated rings. The van der Waals surface area contributed by atoms with Gasteiger partial charge in [0.15, 0.2) is 11.5 Å². The third kappa shape index (κ3) is 3.06. The van der Waals surface area contributed by atoms with Gasteiger partial charge in [-0.3, -0.25) is 4.68 Å². The van der Waals surface area contributed by atoms with E-state index < -0.39 is 0 Å². The van der Waals surface area contributed by atoms with Gasteiger partial charge in [0.2, 0.25) is 6.79 Å². The Balaban J connectivity index is 1.40. The van der Waals surface area contributed by atoms with Gasteiger partial charge in [-0.1, -0.05) is 0 Å². The van der Waals surface area contributed by atoms with E-state index >= 15 is 0 Å². The largest absolute Gasteiger partial charge is 0.454 e. The lowest BCUT2D eigenvalue weighted by molar-refractivity contribution is 0.174. The molecule has 0 unspecified atom stereocenters. The van der Waals surface area contributed by atoms with E-state index in [1.807, 2.05) is 37.6 Å². The van der Waals surface area contributed by atoms with Crippen molar-refractivity contribution in [1.29, 1.82) is 0 Å². The zero-order valence-corrected chi connectivity index (χ0v) is 13.5. The normalized spacial score (nSPS) is 12.7. The van der Waals surface area contributed by atoms with Crippen LogP contribution in [0.1, 0.15) is 11.3 Å². The van der Waals surface area contributed by atoms with Crippen molar-refractivity contribution in [2.45, 2.75) is 13.1 Å². The Bertz CT molecular complexity index is 827. The van der Waals surface area contributed by atoms with E-state index in [-0.39, 0.29) is 0 Å². The molecule has 118 valence electrons. The Morgan fingerprint density at radius 1 is 1.26 bits per heavy atom. The molecule has 3 heterocycles. The van der Waals surface area contributed by atoms with E-state index in [0.717, 1.165) is 40.9 Å². The number of aromatic nitrogens is 3. The number of rotatable bonds is 5. The Hall–Kier alpha value is -2.38. The molecule has 1 aliphatic heterocycles. The van der Waals surface area contributed by atoms with Gasteiger partial charge in [-0.15, -0.1) is 11.3 Å². The maximum atomic E-state index is 5.42. The maximum Gasteiger partial charge on any atom is 0.231 e. The predicted octanol–water partition coefficient (Wildman–Crippen LogP) is 2.56. The fourth-order valence-corrected chi connectivity index (χ4v) is 3.27. The highest BCUT2D eigenvalue weighted by Gasteiger charge is 2.15. The fourth-order valence-electron chi connectivity index (χ4n) is 2.45. The van der Waals surface area contributed by atoms with E-state index in [0.29, 0.717) is 6.79 Å². The summed E-state index contributed by atoms with van der Waals surface area (Å²) < 4.78 is 12.6. The second-order valence-corrected chi connectivity index (χ2v) is 6.20. The summed E-state index contributed by atoms with van der Waals surface area (Å²) in [5.41, 5.74) is 3.25. The molecule has 7 heteroatoms. The van der Waals surface area contributed by atoms with E-state index in [1.165, 1.54) is 5.56 Å². The third-order valence-corrected chi connectivity index (χ3v) is 4.51. The van der Waals surface area contributed by atoms with Crippen molar-refractivity contribution < 1.29 is 9.47 Å². The van der Waals surface area contributed by atoms with Crippen LogP contribution >= 0.6 is 11.3 Å². The van der Waals surface area contributed by atoms with Gasteiger partial charge >= 0.3 is 0 Å². The minimum absolute atomic E-state index is 0.292. The molecule has 0 bridgehead atoms. The predicted molar refractivity (Wildman–Crippen MR) is 87.4 cm³/mol. The van der Waals surface area contributed by atoms with Crippen LogP contribution in [-0.2, 0) is 20.1 Å². The van der Waals surface area contributed by atoms with Crippen LogP contribution in [0.15, 0.2) is 36.0 Å². The standard InChI is InChI=1S/C16H16N4O2S/c1-20-8-11(6-18-20)5-17-7-13-9-23-16(19-13)12-2-3-14-15(4-12)22-10-21-14/h2-4,6,8-9,17H,5,7,10H2,1H3. The van der Waals surface area contributed by atoms with Gasteiger partial charge < -0.3 is 14.8 Å². The zero-order valence-electron chi connectivity index (χ0n) is 12.7. The molecule has 1 aromatic carbocycles. The van der Waals surface area contributed by atoms with E-state index in [9.17, 15) is 0 Å². The third-order valence-electron chi connectivity index (χ3n) is 3.56. The van der Waals surface area contributed by atoms with Crippen molar-refractivity contribution in [3.8, 4) is 22.1 Å². The van der Waals surface area contributed by atoms with Crippen molar-refractivity contribution in [3.63, 3.8) is 0 Å². The SMILES string of the molecule is Cn1cc(CNCc2csc(-c3ccc4c(c3)OCO4)n2)cn1. The van der Waals surface area contributed by atoms with Gasteiger partial charge in [0.25, 0.3) is 0 Å². The summed E-state index contributed by atoms with van der Waals surface area (Å²) >= 11 is 1.63. The van der Waals surface area contributed by atoms with Crippen LogP contribution in [0.2, 0.25) is 0 Å². The van der Waals surface area contributed by atoms with Gasteiger partial charge in [-0.25, -0.2) is 4.98 Å². The number of fused-ring (bicyclic) bond motifs is 1. The van der Waals surface area contributed by atoms with Crippen molar-refractivity contribution in [1.82, 2.24) is 20.1 Å². The quantitative estimate of drug-likeness (QED) is 0.780. The fraction of sp³-hybridized carbons (Fsp3) is 0.250. The van der Waals surface area contributed by atoms with Crippen molar-refractivity contribution >= 4 is 11.3 Å². The summed E-state index contributed by atoms with van der Waals surface area (Å²) in [6.45, 7) is 1.81. The number of hydrogen-bond donors (Lipinski definition) is 1. The summed E-state index contributed by atoms with van der Waals surface area (Å²) in [5.74, 6) is 1.58. The molecule has 0 atom stereocenters. The Morgan fingerprint density at radius 3 is 3.04 bits per heavy atom. The van der Waals surface area contributed by atoms with Gasteiger partial charge in [0.05, 0.1) is 11.9 Å². The molecule has 2 aromatic heterocycles. The second-order valence-electron chi connectivity index (χ2n) is 5.34. The van der Waals surface area contributed by atoms with E-state index in [1.54, 1.807) is 16.0 Å². The van der Waals surface area contributed by atoms with Gasteiger partial charge in [0.1, 0.15) is 5.01 Å². The van der Waals surface area contributed by atoms with Crippen LogP contribution in [-0.4, -0.2) is 21.6 Å². The average Bonchev–Trinajstić information content (AvgIpc) is 3.27. The molecule has 0 radical (unpaired) electrons. The first kappa shape index (κ1) is 14.2. The van der Waals surface area contributed by atoms with Crippen LogP contribution < -0.4 is 14.8 Å². The molecule has 3 aromatic rings. The average molecular weight is 328 g/mol. The highest BCUT2D eigenvalue weighted by Crippen LogP contribution is 2.36. The number of benzene rings is 1. The maximum absolute atomic E-state index is 5.42. The molecule has 0 amide bonds. The summed E-state index contributed by atoms with van der Waals surface area (Å²) in [6, 6.07) is 5.92. The highest BCUT2D eigenvalue weighted by atomic mass is 32.1. The molecule has 0 saturated heterocycles. The number of nitrogens with zero attached hydrogens (tertiary/aromatic N) is 3. The number of thiazole rings is 1. The number of aryl methyl sites for hydroxylation is 1. The molecule has 0 saturated carbocycles. The number of ether oxygens (including phenoxy) is 2. The second kappa shape index (κ2) is 6.02.